The molecule has 0 saturated carbocycles. The summed E-state index contributed by atoms with van der Waals surface area (Å²) in [6.07, 6.45) is 2.91. The molecule has 0 saturated heterocycles. The summed E-state index contributed by atoms with van der Waals surface area (Å²) in [6, 6.07) is 9.58. The standard InChI is InChI=1S/C24H31FN2/c1-16-12-21(13-17(2)23(16)26-18(3)15-24(4,5)6)27-11-7-8-19-14-20(25)9-10-22(19)27/h9-10,12-14,26H,3,7-8,11,15H2,1-2,4-6H3. The van der Waals surface area contributed by atoms with E-state index in [1.165, 1.54) is 16.8 Å². The lowest BCUT2D eigenvalue weighted by molar-refractivity contribution is 0.411. The third-order valence-corrected chi connectivity index (χ3v) is 5.03. The van der Waals surface area contributed by atoms with Crippen molar-refractivity contribution in [2.24, 2.45) is 5.41 Å². The molecule has 2 aromatic rings. The third kappa shape index (κ3) is 4.52. The summed E-state index contributed by atoms with van der Waals surface area (Å²) in [7, 11) is 0. The van der Waals surface area contributed by atoms with Crippen molar-refractivity contribution in [1.29, 1.82) is 0 Å². The van der Waals surface area contributed by atoms with Crippen LogP contribution in [0.15, 0.2) is 42.6 Å². The first-order valence-corrected chi connectivity index (χ1v) is 9.76. The van der Waals surface area contributed by atoms with Gasteiger partial charge in [-0.3, -0.25) is 0 Å². The average Bonchev–Trinajstić information content (AvgIpc) is 2.55. The van der Waals surface area contributed by atoms with Crippen molar-refractivity contribution in [2.45, 2.75) is 53.9 Å². The van der Waals surface area contributed by atoms with Crippen LogP contribution in [-0.2, 0) is 6.42 Å². The zero-order valence-corrected chi connectivity index (χ0v) is 17.2. The lowest BCUT2D eigenvalue weighted by Crippen LogP contribution is -2.25. The molecule has 1 N–H and O–H groups in total. The number of aryl methyl sites for hydroxylation is 3. The monoisotopic (exact) mass is 366 g/mol. The van der Waals surface area contributed by atoms with Crippen molar-refractivity contribution >= 4 is 17.1 Å². The number of rotatable bonds is 4. The number of allylic oxidation sites excluding steroid dienone is 1. The summed E-state index contributed by atoms with van der Waals surface area (Å²) >= 11 is 0. The SMILES string of the molecule is C=C(CC(C)(C)C)Nc1c(C)cc(N2CCCc3cc(F)ccc32)cc1C. The Kier molecular flexibility index (Phi) is 5.32. The highest BCUT2D eigenvalue weighted by Crippen LogP contribution is 2.37. The van der Waals surface area contributed by atoms with Crippen molar-refractivity contribution in [2.75, 3.05) is 16.8 Å². The minimum Gasteiger partial charge on any atom is -0.359 e. The number of nitrogens with one attached hydrogen (secondary N) is 1. The number of hydrogen-bond acceptors (Lipinski definition) is 2. The van der Waals surface area contributed by atoms with Gasteiger partial charge >= 0.3 is 0 Å². The molecule has 1 aliphatic rings. The molecule has 3 rings (SSSR count). The van der Waals surface area contributed by atoms with Gasteiger partial charge in [0.05, 0.1) is 0 Å². The van der Waals surface area contributed by atoms with Gasteiger partial charge < -0.3 is 10.2 Å². The number of halogens is 1. The van der Waals surface area contributed by atoms with E-state index < -0.39 is 0 Å². The molecule has 0 atom stereocenters. The summed E-state index contributed by atoms with van der Waals surface area (Å²) in [5.74, 6) is -0.153. The maximum atomic E-state index is 13.6. The molecular formula is C24H31FN2. The van der Waals surface area contributed by atoms with E-state index in [0.717, 1.165) is 48.4 Å². The van der Waals surface area contributed by atoms with Crippen LogP contribution in [0.5, 0.6) is 0 Å². The third-order valence-electron chi connectivity index (χ3n) is 5.03. The quantitative estimate of drug-likeness (QED) is 0.634. The number of fused-ring (bicyclic) bond motifs is 1. The van der Waals surface area contributed by atoms with Gasteiger partial charge in [0.2, 0.25) is 0 Å². The first-order chi connectivity index (χ1) is 12.6. The summed E-state index contributed by atoms with van der Waals surface area (Å²) < 4.78 is 13.6. The predicted molar refractivity (Wildman–Crippen MR) is 114 cm³/mol. The van der Waals surface area contributed by atoms with Crippen LogP contribution in [0, 0.1) is 25.1 Å². The topological polar surface area (TPSA) is 15.3 Å². The molecule has 0 spiro atoms. The maximum Gasteiger partial charge on any atom is 0.123 e. The van der Waals surface area contributed by atoms with E-state index in [1.54, 1.807) is 12.1 Å². The molecule has 0 aromatic heterocycles. The van der Waals surface area contributed by atoms with Gasteiger partial charge in [-0.25, -0.2) is 4.39 Å². The lowest BCUT2D eigenvalue weighted by atomic mass is 9.90. The highest BCUT2D eigenvalue weighted by Gasteiger charge is 2.20. The molecule has 3 heteroatoms. The van der Waals surface area contributed by atoms with Crippen LogP contribution >= 0.6 is 0 Å². The summed E-state index contributed by atoms with van der Waals surface area (Å²) in [6.45, 7) is 16.1. The van der Waals surface area contributed by atoms with Crippen molar-refractivity contribution in [3.63, 3.8) is 0 Å². The second-order valence-electron chi connectivity index (χ2n) is 8.95. The van der Waals surface area contributed by atoms with E-state index >= 15 is 0 Å². The van der Waals surface area contributed by atoms with Gasteiger partial charge in [0.15, 0.2) is 0 Å². The van der Waals surface area contributed by atoms with Crippen LogP contribution in [0.2, 0.25) is 0 Å². The Bertz CT molecular complexity index is 838. The minimum atomic E-state index is -0.153. The molecule has 0 radical (unpaired) electrons. The molecule has 1 heterocycles. The van der Waals surface area contributed by atoms with E-state index in [0.29, 0.717) is 0 Å². The van der Waals surface area contributed by atoms with Gasteiger partial charge in [-0.05, 0) is 85.5 Å². The lowest BCUT2D eigenvalue weighted by Gasteiger charge is -2.32. The second kappa shape index (κ2) is 7.38. The van der Waals surface area contributed by atoms with Crippen LogP contribution in [0.4, 0.5) is 21.5 Å². The highest BCUT2D eigenvalue weighted by atomic mass is 19.1. The molecule has 0 fully saturated rings. The Morgan fingerprint density at radius 3 is 2.44 bits per heavy atom. The zero-order chi connectivity index (χ0) is 19.8. The number of anilines is 3. The van der Waals surface area contributed by atoms with Crippen molar-refractivity contribution in [1.82, 2.24) is 0 Å². The number of hydrogen-bond donors (Lipinski definition) is 1. The second-order valence-corrected chi connectivity index (χ2v) is 8.95. The molecule has 27 heavy (non-hydrogen) atoms. The minimum absolute atomic E-state index is 0.153. The van der Waals surface area contributed by atoms with Gasteiger partial charge in [-0.2, -0.15) is 0 Å². The van der Waals surface area contributed by atoms with E-state index in [1.807, 2.05) is 6.07 Å². The average molecular weight is 367 g/mol. The number of nitrogens with zero attached hydrogens (tertiary/aromatic N) is 1. The molecule has 2 nitrogen and oxygen atoms in total. The normalized spacial score (nSPS) is 14.1. The fourth-order valence-corrected chi connectivity index (χ4v) is 3.99. The van der Waals surface area contributed by atoms with Crippen molar-refractivity contribution < 1.29 is 4.39 Å². The van der Waals surface area contributed by atoms with E-state index in [9.17, 15) is 4.39 Å². The molecule has 1 aliphatic heterocycles. The van der Waals surface area contributed by atoms with Crippen molar-refractivity contribution in [3.8, 4) is 0 Å². The van der Waals surface area contributed by atoms with Crippen LogP contribution in [-0.4, -0.2) is 6.54 Å². The van der Waals surface area contributed by atoms with Gasteiger partial charge in [0.25, 0.3) is 0 Å². The molecule has 0 unspecified atom stereocenters. The fourth-order valence-electron chi connectivity index (χ4n) is 3.99. The Hall–Kier alpha value is -2.29. The molecule has 144 valence electrons. The van der Waals surface area contributed by atoms with Crippen molar-refractivity contribution in [3.05, 3.63) is 65.1 Å². The van der Waals surface area contributed by atoms with Gasteiger partial charge in [-0.1, -0.05) is 27.4 Å². The Morgan fingerprint density at radius 1 is 1.15 bits per heavy atom. The van der Waals surface area contributed by atoms with Gasteiger partial charge in [0, 0.05) is 29.3 Å². The van der Waals surface area contributed by atoms with Crippen LogP contribution in [0.1, 0.15) is 50.3 Å². The van der Waals surface area contributed by atoms with E-state index in [2.05, 4.69) is 63.5 Å². The Balaban J connectivity index is 1.89. The Labute approximate surface area is 163 Å². The molecule has 2 aromatic carbocycles. The maximum absolute atomic E-state index is 13.6. The van der Waals surface area contributed by atoms with Crippen LogP contribution < -0.4 is 10.2 Å². The highest BCUT2D eigenvalue weighted by molar-refractivity contribution is 5.73. The zero-order valence-electron chi connectivity index (χ0n) is 17.2. The summed E-state index contributed by atoms with van der Waals surface area (Å²) in [4.78, 5) is 2.31. The smallest absolute Gasteiger partial charge is 0.123 e. The molecule has 0 bridgehead atoms. The predicted octanol–water partition coefficient (Wildman–Crippen LogP) is 6.89. The van der Waals surface area contributed by atoms with Crippen LogP contribution in [0.25, 0.3) is 0 Å². The molecule has 0 aliphatic carbocycles. The van der Waals surface area contributed by atoms with E-state index in [4.69, 9.17) is 0 Å². The van der Waals surface area contributed by atoms with Crippen LogP contribution in [0.3, 0.4) is 0 Å². The number of benzene rings is 2. The largest absolute Gasteiger partial charge is 0.359 e. The fraction of sp³-hybridized carbons (Fsp3) is 0.417. The summed E-state index contributed by atoms with van der Waals surface area (Å²) in [5.41, 5.74) is 8.19. The van der Waals surface area contributed by atoms with E-state index in [-0.39, 0.29) is 11.2 Å². The van der Waals surface area contributed by atoms with Gasteiger partial charge in [-0.15, -0.1) is 0 Å². The molecule has 0 amide bonds. The van der Waals surface area contributed by atoms with Gasteiger partial charge in [0.1, 0.15) is 5.82 Å². The summed E-state index contributed by atoms with van der Waals surface area (Å²) in [5, 5.41) is 3.53. The molecular weight excluding hydrogens is 335 g/mol. The first-order valence-electron chi connectivity index (χ1n) is 9.76. The Morgan fingerprint density at radius 2 is 1.81 bits per heavy atom. The first kappa shape index (κ1) is 19.5.